The molecule has 2 aromatic rings. The van der Waals surface area contributed by atoms with Gasteiger partial charge in [-0.15, -0.1) is 0 Å². The van der Waals surface area contributed by atoms with E-state index in [0.29, 0.717) is 12.8 Å². The number of hydrogen-bond donors (Lipinski definition) is 3. The van der Waals surface area contributed by atoms with Gasteiger partial charge in [0, 0.05) is 6.04 Å². The molecule has 9 heteroatoms. The van der Waals surface area contributed by atoms with Gasteiger partial charge in [-0.2, -0.15) is 4.31 Å². The molecule has 1 amide bonds. The fourth-order valence-corrected chi connectivity index (χ4v) is 5.11. The maximum Gasteiger partial charge on any atom is 0.475 e. The maximum atomic E-state index is 13.1. The van der Waals surface area contributed by atoms with E-state index in [4.69, 9.17) is 0 Å². The van der Waals surface area contributed by atoms with Crippen LogP contribution in [0.4, 0.5) is 0 Å². The first kappa shape index (κ1) is 26.1. The smallest absolute Gasteiger partial charge is 0.426 e. The van der Waals surface area contributed by atoms with Gasteiger partial charge in [-0.25, -0.2) is 8.42 Å². The first-order valence-electron chi connectivity index (χ1n) is 10.7. The highest BCUT2D eigenvalue weighted by atomic mass is 32.2. The highest BCUT2D eigenvalue weighted by Crippen LogP contribution is 2.19. The van der Waals surface area contributed by atoms with Gasteiger partial charge < -0.3 is 15.4 Å². The zero-order valence-electron chi connectivity index (χ0n) is 19.4. The van der Waals surface area contributed by atoms with E-state index < -0.39 is 41.6 Å². The molecule has 0 aliphatic heterocycles. The first-order valence-corrected chi connectivity index (χ1v) is 12.2. The average molecular weight is 460 g/mol. The van der Waals surface area contributed by atoms with Crippen molar-refractivity contribution in [1.82, 2.24) is 9.62 Å². The number of benzene rings is 2. The first-order chi connectivity index (χ1) is 14.9. The van der Waals surface area contributed by atoms with Crippen molar-refractivity contribution in [3.8, 4) is 0 Å². The minimum atomic E-state index is -3.89. The zero-order chi connectivity index (χ0) is 24.1. The molecule has 0 radical (unpaired) electrons. The summed E-state index contributed by atoms with van der Waals surface area (Å²) in [6.45, 7) is 8.82. The number of amides is 1. The number of nitrogens with zero attached hydrogens (tertiary/aromatic N) is 1. The van der Waals surface area contributed by atoms with Gasteiger partial charge >= 0.3 is 7.12 Å². The van der Waals surface area contributed by atoms with Gasteiger partial charge in [-0.3, -0.25) is 4.79 Å². The second-order valence-electron chi connectivity index (χ2n) is 8.51. The number of carbonyl (C=O) groups is 1. The van der Waals surface area contributed by atoms with Crippen molar-refractivity contribution in [1.29, 1.82) is 0 Å². The van der Waals surface area contributed by atoms with E-state index in [0.717, 1.165) is 26.6 Å². The monoisotopic (exact) mass is 460 g/mol. The summed E-state index contributed by atoms with van der Waals surface area (Å²) in [7, 11) is -5.64. The summed E-state index contributed by atoms with van der Waals surface area (Å²) in [6, 6.07) is 12.0. The maximum absolute atomic E-state index is 13.1. The lowest BCUT2D eigenvalue weighted by Crippen LogP contribution is -2.51. The summed E-state index contributed by atoms with van der Waals surface area (Å²) in [6.07, 6.45) is 0.851. The Bertz CT molecular complexity index is 1020. The predicted molar refractivity (Wildman–Crippen MR) is 127 cm³/mol. The minimum Gasteiger partial charge on any atom is -0.426 e. The molecule has 0 spiro atoms. The third-order valence-corrected chi connectivity index (χ3v) is 7.47. The van der Waals surface area contributed by atoms with Crippen molar-refractivity contribution in [2.45, 2.75) is 64.3 Å². The SMILES string of the molecule is Cc1ccc(S(=O)(=O)N(CC(=O)N[C@@H](CCc2ccc(C)cc2C)B(O)O)C(C)C)cc1. The Balaban J connectivity index is 2.10. The molecule has 1 atom stereocenters. The van der Waals surface area contributed by atoms with Crippen LogP contribution in [0, 0.1) is 20.8 Å². The molecule has 0 aromatic heterocycles. The third-order valence-electron chi connectivity index (χ3n) is 5.43. The summed E-state index contributed by atoms with van der Waals surface area (Å²) in [5.74, 6) is -1.51. The van der Waals surface area contributed by atoms with Crippen molar-refractivity contribution in [3.05, 3.63) is 64.7 Å². The molecule has 174 valence electrons. The molecular weight excluding hydrogens is 427 g/mol. The summed E-state index contributed by atoms with van der Waals surface area (Å²) in [5.41, 5.74) is 4.22. The lowest BCUT2D eigenvalue weighted by Gasteiger charge is -2.27. The van der Waals surface area contributed by atoms with Gasteiger partial charge in [0.25, 0.3) is 0 Å². The van der Waals surface area contributed by atoms with Crippen molar-refractivity contribution in [2.24, 2.45) is 0 Å². The van der Waals surface area contributed by atoms with Gasteiger partial charge in [0.2, 0.25) is 15.9 Å². The Morgan fingerprint density at radius 2 is 1.62 bits per heavy atom. The van der Waals surface area contributed by atoms with Crippen LogP contribution in [0.15, 0.2) is 47.4 Å². The van der Waals surface area contributed by atoms with Gasteiger partial charge in [0.05, 0.1) is 17.4 Å². The van der Waals surface area contributed by atoms with Crippen molar-refractivity contribution in [3.63, 3.8) is 0 Å². The molecule has 2 rings (SSSR count). The highest BCUT2D eigenvalue weighted by molar-refractivity contribution is 7.89. The molecule has 0 saturated carbocycles. The van der Waals surface area contributed by atoms with E-state index in [1.165, 1.54) is 12.1 Å². The molecule has 0 bridgehead atoms. The van der Waals surface area contributed by atoms with Gasteiger partial charge in [-0.05, 0) is 70.7 Å². The number of carbonyl (C=O) groups excluding carboxylic acids is 1. The van der Waals surface area contributed by atoms with Crippen LogP contribution >= 0.6 is 0 Å². The van der Waals surface area contributed by atoms with Gasteiger partial charge in [0.15, 0.2) is 0 Å². The Morgan fingerprint density at radius 1 is 1.03 bits per heavy atom. The molecule has 7 nitrogen and oxygen atoms in total. The Morgan fingerprint density at radius 3 is 2.16 bits per heavy atom. The molecular formula is C23H33BN2O5S. The molecule has 0 fully saturated rings. The van der Waals surface area contributed by atoms with E-state index in [1.807, 2.05) is 32.9 Å². The summed E-state index contributed by atoms with van der Waals surface area (Å²) in [4.78, 5) is 12.8. The van der Waals surface area contributed by atoms with Crippen LogP contribution in [0.2, 0.25) is 0 Å². The molecule has 2 aromatic carbocycles. The Kier molecular flexibility index (Phi) is 9.03. The summed E-state index contributed by atoms with van der Waals surface area (Å²) in [5, 5.41) is 22.1. The van der Waals surface area contributed by atoms with Crippen LogP contribution in [0.3, 0.4) is 0 Å². The normalized spacial score (nSPS) is 12.8. The van der Waals surface area contributed by atoms with E-state index in [-0.39, 0.29) is 4.90 Å². The summed E-state index contributed by atoms with van der Waals surface area (Å²) < 4.78 is 27.2. The third kappa shape index (κ3) is 6.90. The number of nitrogens with one attached hydrogen (secondary N) is 1. The van der Waals surface area contributed by atoms with Crippen LogP contribution in [0.1, 0.15) is 42.5 Å². The van der Waals surface area contributed by atoms with E-state index in [9.17, 15) is 23.3 Å². The Hall–Kier alpha value is -2.20. The van der Waals surface area contributed by atoms with E-state index in [2.05, 4.69) is 11.4 Å². The number of hydrogen-bond acceptors (Lipinski definition) is 5. The second kappa shape index (κ2) is 11.1. The lowest BCUT2D eigenvalue weighted by molar-refractivity contribution is -0.122. The predicted octanol–water partition coefficient (Wildman–Crippen LogP) is 2.14. The highest BCUT2D eigenvalue weighted by Gasteiger charge is 2.31. The van der Waals surface area contributed by atoms with Gasteiger partial charge in [-0.1, -0.05) is 41.5 Å². The second-order valence-corrected chi connectivity index (χ2v) is 10.4. The number of sulfonamides is 1. The van der Waals surface area contributed by atoms with Crippen LogP contribution in [-0.2, 0) is 21.2 Å². The van der Waals surface area contributed by atoms with Crippen LogP contribution in [0.5, 0.6) is 0 Å². The molecule has 0 aliphatic rings. The van der Waals surface area contributed by atoms with E-state index in [1.54, 1.807) is 26.0 Å². The van der Waals surface area contributed by atoms with Crippen molar-refractivity contribution in [2.75, 3.05) is 6.54 Å². The zero-order valence-corrected chi connectivity index (χ0v) is 20.2. The quantitative estimate of drug-likeness (QED) is 0.471. The molecule has 0 unspecified atom stereocenters. The summed E-state index contributed by atoms with van der Waals surface area (Å²) >= 11 is 0. The topological polar surface area (TPSA) is 107 Å². The van der Waals surface area contributed by atoms with Crippen molar-refractivity contribution >= 4 is 23.0 Å². The fraction of sp³-hybridized carbons (Fsp3) is 0.435. The molecule has 0 aliphatic carbocycles. The molecule has 32 heavy (non-hydrogen) atoms. The average Bonchev–Trinajstić information content (AvgIpc) is 2.70. The number of aryl methyl sites for hydroxylation is 4. The lowest BCUT2D eigenvalue weighted by atomic mass is 9.76. The number of rotatable bonds is 10. The van der Waals surface area contributed by atoms with Crippen LogP contribution in [-0.4, -0.2) is 54.3 Å². The minimum absolute atomic E-state index is 0.109. The fourth-order valence-electron chi connectivity index (χ4n) is 3.52. The van der Waals surface area contributed by atoms with E-state index >= 15 is 0 Å². The molecule has 0 saturated heterocycles. The van der Waals surface area contributed by atoms with Gasteiger partial charge in [0.1, 0.15) is 0 Å². The van der Waals surface area contributed by atoms with Crippen LogP contribution < -0.4 is 5.32 Å². The van der Waals surface area contributed by atoms with Crippen molar-refractivity contribution < 1.29 is 23.3 Å². The molecule has 0 heterocycles. The molecule has 3 N–H and O–H groups in total. The van der Waals surface area contributed by atoms with Crippen LogP contribution in [0.25, 0.3) is 0 Å². The Labute approximate surface area is 191 Å². The largest absolute Gasteiger partial charge is 0.475 e. The standard InChI is InChI=1S/C23H33BN2O5S/c1-16(2)26(32(30,31)21-11-7-17(3)8-12-21)15-23(27)25-22(24(28)29)13-10-20-9-6-18(4)14-19(20)5/h6-9,11-12,14,16,22,28-29H,10,13,15H2,1-5H3,(H,25,27)/t22-/m0/s1.